The van der Waals surface area contributed by atoms with Crippen LogP contribution >= 0.6 is 0 Å². The summed E-state index contributed by atoms with van der Waals surface area (Å²) in [5.41, 5.74) is 2.59. The molecule has 0 aromatic rings. The normalized spacial score (nSPS) is 15.7. The number of hydrogen-bond donors (Lipinski definition) is 0. The Balaban J connectivity index is 4.29. The van der Waals surface area contributed by atoms with E-state index in [0.717, 1.165) is 0 Å². The van der Waals surface area contributed by atoms with Crippen molar-refractivity contribution in [3.8, 4) is 0 Å². The van der Waals surface area contributed by atoms with E-state index >= 15 is 0 Å². The summed E-state index contributed by atoms with van der Waals surface area (Å²) in [6.45, 7) is 10.9. The minimum atomic E-state index is 0.555. The van der Waals surface area contributed by atoms with Crippen molar-refractivity contribution in [2.75, 3.05) is 0 Å². The van der Waals surface area contributed by atoms with Crippen molar-refractivity contribution in [2.45, 2.75) is 34.6 Å². The van der Waals surface area contributed by atoms with Gasteiger partial charge in [-0.2, -0.15) is 0 Å². The van der Waals surface area contributed by atoms with Crippen molar-refractivity contribution in [3.05, 3.63) is 0 Å². The molecule has 2 atom stereocenters. The molecule has 2 heteroatoms. The fraction of sp³-hybridized carbons (Fsp3) is 0.800. The van der Waals surface area contributed by atoms with E-state index in [1.54, 1.807) is 0 Å². The van der Waals surface area contributed by atoms with E-state index in [1.165, 1.54) is 10.9 Å². The Hall–Kier alpha value is -0.130. The molecule has 0 saturated carbocycles. The molecule has 0 rings (SSSR count). The maximum atomic E-state index is 4.12. The van der Waals surface area contributed by atoms with Crippen LogP contribution in [0.4, 0.5) is 0 Å². The predicted molar refractivity (Wildman–Crippen MR) is 63.2 cm³/mol. The van der Waals surface area contributed by atoms with Gasteiger partial charge in [0.1, 0.15) is 0 Å². The van der Waals surface area contributed by atoms with Gasteiger partial charge in [0, 0.05) is 0 Å². The molecule has 0 N–H and O–H groups in total. The van der Waals surface area contributed by atoms with Gasteiger partial charge in [0.25, 0.3) is 0 Å². The third-order valence-electron chi connectivity index (χ3n) is 2.85. The summed E-state index contributed by atoms with van der Waals surface area (Å²) in [5.74, 6) is 1.70. The van der Waals surface area contributed by atoms with E-state index in [2.05, 4.69) is 49.6 Å². The van der Waals surface area contributed by atoms with Crippen LogP contribution in [0, 0.1) is 17.8 Å². The van der Waals surface area contributed by atoms with Crippen LogP contribution < -0.4 is 0 Å². The molecule has 0 saturated heterocycles. The van der Waals surface area contributed by atoms with Crippen molar-refractivity contribution >= 4 is 25.9 Å². The van der Waals surface area contributed by atoms with Crippen LogP contribution in [-0.4, -0.2) is 25.9 Å². The van der Waals surface area contributed by atoms with E-state index in [4.69, 9.17) is 0 Å². The Bertz CT molecular complexity index is 182. The van der Waals surface area contributed by atoms with Crippen LogP contribution in [0.15, 0.2) is 0 Å². The molecule has 0 aliphatic carbocycles. The van der Waals surface area contributed by atoms with Crippen LogP contribution in [0.25, 0.3) is 0 Å². The molecule has 0 spiro atoms. The molecule has 0 aromatic heterocycles. The van der Waals surface area contributed by atoms with Gasteiger partial charge >= 0.3 is 78.3 Å². The van der Waals surface area contributed by atoms with Gasteiger partial charge in [-0.05, 0) is 0 Å². The van der Waals surface area contributed by atoms with Crippen molar-refractivity contribution in [3.63, 3.8) is 0 Å². The van der Waals surface area contributed by atoms with Crippen LogP contribution in [0.1, 0.15) is 34.6 Å². The van der Waals surface area contributed by atoms with Crippen molar-refractivity contribution < 1.29 is 0 Å². The van der Waals surface area contributed by atoms with Crippen molar-refractivity contribution in [2.24, 2.45) is 17.8 Å². The molecular weight excluding hydrogens is 142 g/mol. The zero-order chi connectivity index (χ0) is 9.89. The van der Waals surface area contributed by atoms with Gasteiger partial charge < -0.3 is 0 Å². The summed E-state index contributed by atoms with van der Waals surface area (Å²) in [4.78, 5) is 0. The third-order valence-corrected chi connectivity index (χ3v) is 2.85. The second-order valence-corrected chi connectivity index (χ2v) is 4.15. The maximum absolute atomic E-state index is 4.12. The zero-order valence-corrected chi connectivity index (χ0v) is 9.15. The molecule has 0 amide bonds. The predicted octanol–water partition coefficient (Wildman–Crippen LogP) is 1.08. The van der Waals surface area contributed by atoms with Crippen LogP contribution in [-0.2, 0) is 0 Å². The Morgan fingerprint density at radius 1 is 0.917 bits per heavy atom. The van der Waals surface area contributed by atoms with Gasteiger partial charge in [-0.3, -0.25) is 0 Å². The SMILES string of the molecule is B=C(C)C(C)C(C)C(=B)C(C)C. The van der Waals surface area contributed by atoms with Crippen LogP contribution in [0.5, 0.6) is 0 Å². The fourth-order valence-corrected chi connectivity index (χ4v) is 1.27. The first kappa shape index (κ1) is 11.9. The molecule has 0 aliphatic heterocycles. The summed E-state index contributed by atoms with van der Waals surface area (Å²) in [6.07, 6.45) is 0. The van der Waals surface area contributed by atoms with Crippen molar-refractivity contribution in [1.29, 1.82) is 0 Å². The standard InChI is InChI=1S/C10H20B2/c1-6(2)10(12)8(4)7(3)9(5)11/h6-8,11-12H,1-5H3. The van der Waals surface area contributed by atoms with Crippen LogP contribution in [0.3, 0.4) is 0 Å². The number of rotatable bonds is 4. The fourth-order valence-electron chi connectivity index (χ4n) is 1.27. The van der Waals surface area contributed by atoms with Crippen LogP contribution in [0.2, 0.25) is 0 Å². The molecule has 0 heterocycles. The molecule has 2 unspecified atom stereocenters. The van der Waals surface area contributed by atoms with Crippen molar-refractivity contribution in [1.82, 2.24) is 0 Å². The second-order valence-electron chi connectivity index (χ2n) is 4.15. The van der Waals surface area contributed by atoms with E-state index < -0.39 is 0 Å². The molecule has 0 bridgehead atoms. The van der Waals surface area contributed by atoms with Gasteiger partial charge in [0.2, 0.25) is 0 Å². The van der Waals surface area contributed by atoms with Gasteiger partial charge in [0.15, 0.2) is 0 Å². The van der Waals surface area contributed by atoms with Gasteiger partial charge in [-0.15, -0.1) is 0 Å². The Morgan fingerprint density at radius 3 is 1.58 bits per heavy atom. The molecule has 12 heavy (non-hydrogen) atoms. The summed E-state index contributed by atoms with van der Waals surface area (Å²) in [5, 5.41) is 0. The molecular formula is C10H20B2. The summed E-state index contributed by atoms with van der Waals surface area (Å²) < 4.78 is 0. The van der Waals surface area contributed by atoms with E-state index in [-0.39, 0.29) is 0 Å². The second kappa shape index (κ2) is 4.79. The Kier molecular flexibility index (Phi) is 4.74. The molecule has 0 aliphatic rings. The molecule has 0 radical (unpaired) electrons. The Labute approximate surface area is 78.9 Å². The first-order valence-corrected chi connectivity index (χ1v) is 4.72. The average molecular weight is 162 g/mol. The first-order chi connectivity index (χ1) is 5.37. The molecule has 0 fully saturated rings. The van der Waals surface area contributed by atoms with Gasteiger partial charge in [0.05, 0.1) is 0 Å². The summed E-state index contributed by atoms with van der Waals surface area (Å²) in [7, 11) is 8.09. The summed E-state index contributed by atoms with van der Waals surface area (Å²) in [6, 6.07) is 0. The summed E-state index contributed by atoms with van der Waals surface area (Å²) >= 11 is 0. The third kappa shape index (κ3) is 3.08. The molecule has 66 valence electrons. The number of hydrogen-bond acceptors (Lipinski definition) is 0. The van der Waals surface area contributed by atoms with E-state index in [0.29, 0.717) is 17.8 Å². The molecule has 0 nitrogen and oxygen atoms in total. The minimum absolute atomic E-state index is 0.555. The monoisotopic (exact) mass is 162 g/mol. The van der Waals surface area contributed by atoms with Gasteiger partial charge in [-0.1, -0.05) is 0 Å². The van der Waals surface area contributed by atoms with E-state index in [9.17, 15) is 0 Å². The topological polar surface area (TPSA) is 0 Å². The Morgan fingerprint density at radius 2 is 1.33 bits per heavy atom. The van der Waals surface area contributed by atoms with E-state index in [1.807, 2.05) is 0 Å². The quantitative estimate of drug-likeness (QED) is 0.542. The molecule has 0 aromatic carbocycles. The van der Waals surface area contributed by atoms with Gasteiger partial charge in [-0.25, -0.2) is 0 Å². The first-order valence-electron chi connectivity index (χ1n) is 4.72. The average Bonchev–Trinajstić information content (AvgIpc) is 2.00. The zero-order valence-electron chi connectivity index (χ0n) is 9.15.